The average Bonchev–Trinajstić information content (AvgIpc) is 2.51. The fraction of sp³-hybridized carbons (Fsp3) is 0.769. The van der Waals surface area contributed by atoms with Gasteiger partial charge in [0.2, 0.25) is 0 Å². The molecular formula is C13H22N2O. The van der Waals surface area contributed by atoms with Crippen LogP contribution in [0, 0.1) is 12.8 Å². The third kappa shape index (κ3) is 2.46. The summed E-state index contributed by atoms with van der Waals surface area (Å²) in [5, 5.41) is 14.9. The van der Waals surface area contributed by atoms with Crippen molar-refractivity contribution in [1.29, 1.82) is 0 Å². The van der Waals surface area contributed by atoms with Crippen LogP contribution in [0.5, 0.6) is 0 Å². The Hall–Kier alpha value is -0.830. The molecule has 1 N–H and O–H groups in total. The van der Waals surface area contributed by atoms with Gasteiger partial charge in [0.05, 0.1) is 11.3 Å². The molecule has 16 heavy (non-hydrogen) atoms. The van der Waals surface area contributed by atoms with Gasteiger partial charge in [-0.05, 0) is 44.6 Å². The first-order chi connectivity index (χ1) is 7.48. The molecule has 1 aliphatic rings. The third-order valence-electron chi connectivity index (χ3n) is 3.81. The van der Waals surface area contributed by atoms with Crippen molar-refractivity contribution in [3.05, 3.63) is 17.5 Å². The van der Waals surface area contributed by atoms with Gasteiger partial charge in [-0.25, -0.2) is 0 Å². The Balaban J connectivity index is 2.06. The van der Waals surface area contributed by atoms with Crippen molar-refractivity contribution in [3.63, 3.8) is 0 Å². The maximum absolute atomic E-state index is 10.5. The second-order valence-electron chi connectivity index (χ2n) is 5.48. The smallest absolute Gasteiger partial charge is 0.0703 e. The van der Waals surface area contributed by atoms with Gasteiger partial charge >= 0.3 is 0 Å². The molecule has 90 valence electrons. The number of aromatic nitrogens is 2. The molecule has 1 aromatic heterocycles. The molecule has 0 bridgehead atoms. The van der Waals surface area contributed by atoms with E-state index in [9.17, 15) is 5.11 Å². The largest absolute Gasteiger partial charge is 0.389 e. The van der Waals surface area contributed by atoms with Crippen LogP contribution < -0.4 is 0 Å². The van der Waals surface area contributed by atoms with Gasteiger partial charge in [-0.1, -0.05) is 6.92 Å². The Morgan fingerprint density at radius 2 is 2.12 bits per heavy atom. The second-order valence-corrected chi connectivity index (χ2v) is 5.48. The molecule has 1 fully saturated rings. The molecule has 2 rings (SSSR count). The highest BCUT2D eigenvalue weighted by Gasteiger charge is 2.32. The second kappa shape index (κ2) is 4.21. The maximum atomic E-state index is 10.5. The molecule has 0 aliphatic heterocycles. The van der Waals surface area contributed by atoms with E-state index in [0.29, 0.717) is 0 Å². The van der Waals surface area contributed by atoms with Crippen molar-refractivity contribution in [3.8, 4) is 0 Å². The maximum Gasteiger partial charge on any atom is 0.0703 e. The SMILES string of the molecule is Cc1cc(CC2(O)CCC(C)CC2)n(C)n1. The fourth-order valence-electron chi connectivity index (χ4n) is 2.64. The summed E-state index contributed by atoms with van der Waals surface area (Å²) in [7, 11) is 1.96. The normalized spacial score (nSPS) is 30.6. The quantitative estimate of drug-likeness (QED) is 0.833. The van der Waals surface area contributed by atoms with Crippen LogP contribution in [0.25, 0.3) is 0 Å². The molecule has 0 unspecified atom stereocenters. The topological polar surface area (TPSA) is 38.0 Å². The van der Waals surface area contributed by atoms with Crippen LogP contribution in [-0.2, 0) is 13.5 Å². The van der Waals surface area contributed by atoms with Gasteiger partial charge in [0, 0.05) is 19.2 Å². The number of rotatable bonds is 2. The number of hydrogen-bond donors (Lipinski definition) is 1. The highest BCUT2D eigenvalue weighted by atomic mass is 16.3. The number of aliphatic hydroxyl groups is 1. The first kappa shape index (κ1) is 11.6. The van der Waals surface area contributed by atoms with Crippen LogP contribution in [0.1, 0.15) is 44.0 Å². The van der Waals surface area contributed by atoms with Gasteiger partial charge in [0.25, 0.3) is 0 Å². The van der Waals surface area contributed by atoms with Crippen LogP contribution in [0.4, 0.5) is 0 Å². The van der Waals surface area contributed by atoms with Crippen molar-refractivity contribution in [1.82, 2.24) is 9.78 Å². The predicted octanol–water partition coefficient (Wildman–Crippen LogP) is 2.21. The molecule has 1 aromatic rings. The summed E-state index contributed by atoms with van der Waals surface area (Å²) in [4.78, 5) is 0. The highest BCUT2D eigenvalue weighted by molar-refractivity contribution is 5.11. The van der Waals surface area contributed by atoms with Gasteiger partial charge in [-0.2, -0.15) is 5.10 Å². The van der Waals surface area contributed by atoms with Gasteiger partial charge in [0.1, 0.15) is 0 Å². The molecule has 1 aliphatic carbocycles. The number of hydrogen-bond acceptors (Lipinski definition) is 2. The Morgan fingerprint density at radius 3 is 2.62 bits per heavy atom. The highest BCUT2D eigenvalue weighted by Crippen LogP contribution is 2.34. The van der Waals surface area contributed by atoms with Crippen LogP contribution >= 0.6 is 0 Å². The van der Waals surface area contributed by atoms with E-state index in [1.807, 2.05) is 18.7 Å². The summed E-state index contributed by atoms with van der Waals surface area (Å²) in [6.45, 7) is 4.27. The molecule has 0 saturated heterocycles. The lowest BCUT2D eigenvalue weighted by molar-refractivity contribution is -0.00812. The van der Waals surface area contributed by atoms with E-state index in [4.69, 9.17) is 0 Å². The lowest BCUT2D eigenvalue weighted by atomic mass is 9.77. The molecule has 1 saturated carbocycles. The monoisotopic (exact) mass is 222 g/mol. The first-order valence-electron chi connectivity index (χ1n) is 6.20. The summed E-state index contributed by atoms with van der Waals surface area (Å²) in [6, 6.07) is 2.08. The zero-order valence-corrected chi connectivity index (χ0v) is 10.5. The molecular weight excluding hydrogens is 200 g/mol. The van der Waals surface area contributed by atoms with Crippen LogP contribution in [0.3, 0.4) is 0 Å². The predicted molar refractivity (Wildman–Crippen MR) is 64.2 cm³/mol. The van der Waals surface area contributed by atoms with E-state index in [2.05, 4.69) is 18.1 Å². The molecule has 0 aromatic carbocycles. The molecule has 0 amide bonds. The summed E-state index contributed by atoms with van der Waals surface area (Å²) in [5.41, 5.74) is 1.69. The average molecular weight is 222 g/mol. The zero-order chi connectivity index (χ0) is 11.8. The van der Waals surface area contributed by atoms with Crippen LogP contribution in [0.2, 0.25) is 0 Å². The summed E-state index contributed by atoms with van der Waals surface area (Å²) >= 11 is 0. The van der Waals surface area contributed by atoms with Crippen molar-refractivity contribution >= 4 is 0 Å². The molecule has 1 heterocycles. The van der Waals surface area contributed by atoms with Gasteiger partial charge < -0.3 is 5.11 Å². The van der Waals surface area contributed by atoms with Crippen molar-refractivity contribution in [2.24, 2.45) is 13.0 Å². The van der Waals surface area contributed by atoms with E-state index >= 15 is 0 Å². The van der Waals surface area contributed by atoms with Crippen LogP contribution in [0.15, 0.2) is 6.07 Å². The minimum absolute atomic E-state index is 0.493. The fourth-order valence-corrected chi connectivity index (χ4v) is 2.64. The van der Waals surface area contributed by atoms with Crippen molar-refractivity contribution in [2.75, 3.05) is 0 Å². The summed E-state index contributed by atoms with van der Waals surface area (Å²) in [5.74, 6) is 0.772. The lowest BCUT2D eigenvalue weighted by Gasteiger charge is -2.34. The minimum atomic E-state index is -0.493. The number of aryl methyl sites for hydroxylation is 2. The van der Waals surface area contributed by atoms with Crippen LogP contribution in [-0.4, -0.2) is 20.5 Å². The molecule has 0 atom stereocenters. The van der Waals surface area contributed by atoms with Crippen molar-refractivity contribution < 1.29 is 5.11 Å². The van der Waals surface area contributed by atoms with Gasteiger partial charge in [0.15, 0.2) is 0 Å². The van der Waals surface area contributed by atoms with Crippen molar-refractivity contribution in [2.45, 2.75) is 51.6 Å². The van der Waals surface area contributed by atoms with Gasteiger partial charge in [-0.15, -0.1) is 0 Å². The Bertz CT molecular complexity index is 362. The van der Waals surface area contributed by atoms with Gasteiger partial charge in [-0.3, -0.25) is 4.68 Å². The molecule has 3 heteroatoms. The minimum Gasteiger partial charge on any atom is -0.389 e. The van der Waals surface area contributed by atoms with E-state index in [1.54, 1.807) is 0 Å². The Labute approximate surface area is 97.5 Å². The standard InChI is InChI=1S/C13H22N2O/c1-10-4-6-13(16,7-5-10)9-12-8-11(2)14-15(12)3/h8,10,16H,4-7,9H2,1-3H3. The Morgan fingerprint density at radius 1 is 1.50 bits per heavy atom. The zero-order valence-electron chi connectivity index (χ0n) is 10.5. The molecule has 0 spiro atoms. The molecule has 0 radical (unpaired) electrons. The van der Waals surface area contributed by atoms with E-state index in [1.165, 1.54) is 0 Å². The van der Waals surface area contributed by atoms with E-state index in [0.717, 1.165) is 49.4 Å². The summed E-state index contributed by atoms with van der Waals surface area (Å²) < 4.78 is 1.89. The lowest BCUT2D eigenvalue weighted by Crippen LogP contribution is -2.36. The number of nitrogens with zero attached hydrogens (tertiary/aromatic N) is 2. The molecule has 3 nitrogen and oxygen atoms in total. The first-order valence-corrected chi connectivity index (χ1v) is 6.20. The Kier molecular flexibility index (Phi) is 3.06. The third-order valence-corrected chi connectivity index (χ3v) is 3.81. The van der Waals surface area contributed by atoms with E-state index < -0.39 is 5.60 Å². The van der Waals surface area contributed by atoms with E-state index in [-0.39, 0.29) is 0 Å². The summed E-state index contributed by atoms with van der Waals surface area (Å²) in [6.07, 6.45) is 4.90.